The zero-order chi connectivity index (χ0) is 56.4. The van der Waals surface area contributed by atoms with Gasteiger partial charge in [-0.2, -0.15) is 0 Å². The molecule has 5 aliphatic rings. The summed E-state index contributed by atoms with van der Waals surface area (Å²) in [5.41, 5.74) is 4.90. The Bertz CT molecular complexity index is 2590. The third kappa shape index (κ3) is 19.8. The van der Waals surface area contributed by atoms with Gasteiger partial charge in [0, 0.05) is 51.9 Å². The van der Waals surface area contributed by atoms with E-state index in [0.29, 0.717) is 39.0 Å². The van der Waals surface area contributed by atoms with Gasteiger partial charge < -0.3 is 44.0 Å². The molecule has 18 nitrogen and oxygen atoms in total. The summed E-state index contributed by atoms with van der Waals surface area (Å²) >= 11 is 0. The molecule has 0 saturated carbocycles. The van der Waals surface area contributed by atoms with E-state index in [0.717, 1.165) is 157 Å². The van der Waals surface area contributed by atoms with Crippen molar-refractivity contribution in [3.05, 3.63) is 144 Å². The number of aromatic nitrogens is 2. The number of nitrogens with zero attached hydrogens (tertiary/aromatic N) is 7. The fourth-order valence-electron chi connectivity index (χ4n) is 10.9. The lowest BCUT2D eigenvalue weighted by Gasteiger charge is -2.41. The Labute approximate surface area is 479 Å². The molecule has 5 atom stereocenters. The summed E-state index contributed by atoms with van der Waals surface area (Å²) in [7, 11) is 1.59. The molecule has 0 spiro atoms. The molecule has 5 fully saturated rings. The highest BCUT2D eigenvalue weighted by atomic mass is 16.5. The van der Waals surface area contributed by atoms with E-state index in [4.69, 9.17) is 28.4 Å². The Balaban J connectivity index is 0.000000160. The standard InChI is InChI=1S/C23H30N4O3.C20H25N3O3.C20H30N2O3/c28-23(30-17-19-6-2-1-3-7-19)21-8-4-5-11-27(21)18-25-20-9-10-22(24-16-20)26-12-14-29-15-13-26;1-25-19-11-10-17(13-21-19)22-15-23-12-6-5-9-18(23)20(24)26-14-16-7-3-2-4-8-16;1-16-12-21(13-17(2)25-16)15-22-11-7-6-10-19(22)20(23)24-14-18-8-4-3-5-9-18/h1-3,6-7,9-10,16,21,25H,4-5,8,11-15,17-18H2;2-4,7-8,10-11,13,18,22H,5-6,9,12,14-15H2,1H3;3-5,8-9,16-17,19H,6-7,10-15H2,1-2H3/t21-;18-;16-,17+,19-/m000/s1. The SMILES string of the molecule is COc1ccc(NCN2CCCC[C@H]2C(=O)OCc2ccccc2)cn1.C[C@@H]1CN(CN2CCCC[C@H]2C(=O)OCc2ccccc2)C[C@H](C)O1.O=C(OCc1ccccc1)[C@@H]1CCCCN1CNc1ccc(N2CCOCC2)nc1. The van der Waals surface area contributed by atoms with Crippen molar-refractivity contribution in [2.45, 2.75) is 122 Å². The molecule has 3 aromatic carbocycles. The number of morpholine rings is 2. The highest BCUT2D eigenvalue weighted by Crippen LogP contribution is 2.24. The summed E-state index contributed by atoms with van der Waals surface area (Å²) in [6, 6.07) is 36.8. The molecule has 2 aromatic heterocycles. The first-order valence-electron chi connectivity index (χ1n) is 29.2. The number of nitrogens with one attached hydrogen (secondary N) is 2. The molecule has 0 bridgehead atoms. The Morgan fingerprint density at radius 3 is 1.38 bits per heavy atom. The Kier molecular flexibility index (Phi) is 24.4. The van der Waals surface area contributed by atoms with Crippen LogP contribution in [0.4, 0.5) is 17.2 Å². The second-order valence-corrected chi connectivity index (χ2v) is 21.4. The number of carbonyl (C=O) groups is 3. The number of esters is 3. The maximum Gasteiger partial charge on any atom is 0.323 e. The molecule has 7 heterocycles. The smallest absolute Gasteiger partial charge is 0.323 e. The van der Waals surface area contributed by atoms with Crippen LogP contribution in [0.5, 0.6) is 5.88 Å². The highest BCUT2D eigenvalue weighted by Gasteiger charge is 2.34. The number of benzene rings is 3. The predicted octanol–water partition coefficient (Wildman–Crippen LogP) is 8.59. The molecule has 0 amide bonds. The Morgan fingerprint density at radius 1 is 0.531 bits per heavy atom. The van der Waals surface area contributed by atoms with E-state index in [-0.39, 0.29) is 48.2 Å². The van der Waals surface area contributed by atoms with E-state index in [1.165, 1.54) is 0 Å². The van der Waals surface area contributed by atoms with Crippen LogP contribution >= 0.6 is 0 Å². The fourth-order valence-corrected chi connectivity index (χ4v) is 10.9. The molecule has 0 radical (unpaired) electrons. The van der Waals surface area contributed by atoms with Gasteiger partial charge in [-0.15, -0.1) is 0 Å². The molecule has 81 heavy (non-hydrogen) atoms. The van der Waals surface area contributed by atoms with Crippen LogP contribution in [-0.4, -0.2) is 164 Å². The number of carbonyl (C=O) groups excluding carboxylic acids is 3. The molecule has 5 aromatic rings. The topological polar surface area (TPSA) is 173 Å². The van der Waals surface area contributed by atoms with E-state index in [1.54, 1.807) is 13.3 Å². The van der Waals surface area contributed by atoms with E-state index in [2.05, 4.69) is 58.9 Å². The van der Waals surface area contributed by atoms with Gasteiger partial charge in [0.25, 0.3) is 0 Å². The minimum Gasteiger partial charge on any atom is -0.481 e. The van der Waals surface area contributed by atoms with Crippen LogP contribution in [0, 0.1) is 0 Å². The summed E-state index contributed by atoms with van der Waals surface area (Å²) < 4.78 is 33.0. The second-order valence-electron chi connectivity index (χ2n) is 21.4. The predicted molar refractivity (Wildman–Crippen MR) is 313 cm³/mol. The van der Waals surface area contributed by atoms with Gasteiger partial charge in [0.2, 0.25) is 5.88 Å². The van der Waals surface area contributed by atoms with Gasteiger partial charge in [-0.1, -0.05) is 110 Å². The van der Waals surface area contributed by atoms with Crippen LogP contribution in [0.1, 0.15) is 88.3 Å². The lowest BCUT2D eigenvalue weighted by atomic mass is 10.0. The molecule has 10 rings (SSSR count). The van der Waals surface area contributed by atoms with Crippen LogP contribution in [0.3, 0.4) is 0 Å². The van der Waals surface area contributed by atoms with Crippen LogP contribution in [0.15, 0.2) is 128 Å². The van der Waals surface area contributed by atoms with Crippen LogP contribution < -0.4 is 20.3 Å². The number of piperidine rings is 3. The monoisotopic (exact) mass is 1110 g/mol. The van der Waals surface area contributed by atoms with E-state index < -0.39 is 0 Å². The Morgan fingerprint density at radius 2 is 0.963 bits per heavy atom. The zero-order valence-electron chi connectivity index (χ0n) is 47.8. The molecule has 5 aliphatic heterocycles. The molecule has 0 unspecified atom stereocenters. The first-order chi connectivity index (χ1) is 39.7. The molecule has 436 valence electrons. The number of pyridine rings is 2. The minimum absolute atomic E-state index is 0.0853. The summed E-state index contributed by atoms with van der Waals surface area (Å²) in [6.45, 7) is 15.1. The van der Waals surface area contributed by atoms with E-state index in [9.17, 15) is 14.4 Å². The van der Waals surface area contributed by atoms with Crippen molar-refractivity contribution in [3.63, 3.8) is 0 Å². The Hall–Kier alpha value is -6.67. The van der Waals surface area contributed by atoms with Crippen molar-refractivity contribution < 1.29 is 42.8 Å². The quantitative estimate of drug-likeness (QED) is 0.0594. The van der Waals surface area contributed by atoms with Crippen LogP contribution in [0.25, 0.3) is 0 Å². The van der Waals surface area contributed by atoms with Gasteiger partial charge in [-0.25, -0.2) is 9.97 Å². The highest BCUT2D eigenvalue weighted by molar-refractivity contribution is 5.77. The van der Waals surface area contributed by atoms with Crippen molar-refractivity contribution in [2.75, 3.05) is 102 Å². The van der Waals surface area contributed by atoms with Gasteiger partial charge in [-0.05, 0) is 87.3 Å². The normalized spacial score (nSPS) is 21.9. The first kappa shape index (κ1) is 60.4. The second kappa shape index (κ2) is 32.7. The number of hydrogen-bond acceptors (Lipinski definition) is 18. The number of methoxy groups -OCH3 is 1. The van der Waals surface area contributed by atoms with Crippen molar-refractivity contribution in [1.29, 1.82) is 0 Å². The fraction of sp³-hybridized carbons (Fsp3) is 0.508. The van der Waals surface area contributed by atoms with Gasteiger partial charge in [0.05, 0.1) is 76.3 Å². The number of likely N-dealkylation sites (tertiary alicyclic amines) is 3. The first-order valence-corrected chi connectivity index (χ1v) is 29.2. The summed E-state index contributed by atoms with van der Waals surface area (Å²) in [5.74, 6) is 1.18. The molecule has 5 saturated heterocycles. The third-order valence-corrected chi connectivity index (χ3v) is 15.2. The average Bonchev–Trinajstić information content (AvgIpc) is 3.55. The maximum absolute atomic E-state index is 12.7. The third-order valence-electron chi connectivity index (χ3n) is 15.2. The summed E-state index contributed by atoms with van der Waals surface area (Å²) in [6.07, 6.45) is 13.2. The zero-order valence-corrected chi connectivity index (χ0v) is 47.8. The lowest BCUT2D eigenvalue weighted by Crippen LogP contribution is -2.54. The number of hydrogen-bond donors (Lipinski definition) is 2. The van der Waals surface area contributed by atoms with Gasteiger partial charge in [0.15, 0.2) is 0 Å². The van der Waals surface area contributed by atoms with Crippen LogP contribution in [-0.2, 0) is 57.9 Å². The molecule has 0 aliphatic carbocycles. The van der Waals surface area contributed by atoms with Gasteiger partial charge in [-0.3, -0.25) is 34.0 Å². The molecule has 18 heteroatoms. The minimum atomic E-state index is -0.203. The van der Waals surface area contributed by atoms with Crippen molar-refractivity contribution in [2.24, 2.45) is 0 Å². The van der Waals surface area contributed by atoms with Gasteiger partial charge in [0.1, 0.15) is 43.8 Å². The molecular formula is C63H85N9O9. The van der Waals surface area contributed by atoms with Crippen molar-refractivity contribution >= 4 is 35.1 Å². The van der Waals surface area contributed by atoms with E-state index in [1.807, 2.05) is 121 Å². The summed E-state index contributed by atoms with van der Waals surface area (Å²) in [4.78, 5) is 57.9. The summed E-state index contributed by atoms with van der Waals surface area (Å²) in [5, 5.41) is 6.74. The molecular weight excluding hydrogens is 1030 g/mol. The number of ether oxygens (including phenoxy) is 6. The van der Waals surface area contributed by atoms with Gasteiger partial charge >= 0.3 is 17.9 Å². The number of anilines is 3. The van der Waals surface area contributed by atoms with Crippen molar-refractivity contribution in [3.8, 4) is 5.88 Å². The largest absolute Gasteiger partial charge is 0.481 e. The van der Waals surface area contributed by atoms with E-state index >= 15 is 0 Å². The lowest BCUT2D eigenvalue weighted by molar-refractivity contribution is -0.155. The maximum atomic E-state index is 12.7. The average molecular weight is 1110 g/mol. The molecule has 2 N–H and O–H groups in total. The number of rotatable bonds is 19. The van der Waals surface area contributed by atoms with Crippen molar-refractivity contribution in [1.82, 2.24) is 29.6 Å². The van der Waals surface area contributed by atoms with Crippen LogP contribution in [0.2, 0.25) is 0 Å².